The van der Waals surface area contributed by atoms with Crippen molar-refractivity contribution < 1.29 is 8.42 Å². The molecule has 1 fully saturated rings. The summed E-state index contributed by atoms with van der Waals surface area (Å²) in [5.74, 6) is 1.32. The van der Waals surface area contributed by atoms with Crippen LogP contribution in [0.5, 0.6) is 0 Å². The van der Waals surface area contributed by atoms with Crippen LogP contribution in [-0.2, 0) is 16.4 Å². The monoisotopic (exact) mass is 443 g/mol. The summed E-state index contributed by atoms with van der Waals surface area (Å²) in [5.41, 5.74) is 6.00. The topological polar surface area (TPSA) is 75.8 Å². The number of nitrogens with two attached hydrogens (primary N) is 1. The predicted octanol–water partition coefficient (Wildman–Crippen LogP) is 2.32. The molecule has 0 aromatic carbocycles. The fraction of sp³-hybridized carbons (Fsp3) is 0.615. The molecule has 21 heavy (non-hydrogen) atoms. The van der Waals surface area contributed by atoms with Crippen LogP contribution in [0.1, 0.15) is 24.6 Å². The van der Waals surface area contributed by atoms with Gasteiger partial charge in [0.05, 0.1) is 6.54 Å². The fourth-order valence-corrected chi connectivity index (χ4v) is 4.04. The van der Waals surface area contributed by atoms with E-state index in [1.165, 1.54) is 17.6 Å². The second kappa shape index (κ2) is 7.77. The molecule has 1 aromatic rings. The molecule has 8 heteroatoms. The summed E-state index contributed by atoms with van der Waals surface area (Å²) >= 11 is 1.26. The van der Waals surface area contributed by atoms with Gasteiger partial charge in [-0.15, -0.1) is 35.3 Å². The molecule has 1 aromatic heterocycles. The van der Waals surface area contributed by atoms with Crippen molar-refractivity contribution in [3.63, 3.8) is 0 Å². The summed E-state index contributed by atoms with van der Waals surface area (Å²) in [6, 6.07) is 3.43. The van der Waals surface area contributed by atoms with E-state index in [2.05, 4.69) is 16.8 Å². The minimum atomic E-state index is -3.12. The predicted molar refractivity (Wildman–Crippen MR) is 98.1 cm³/mol. The summed E-state index contributed by atoms with van der Waals surface area (Å²) in [5, 5.41) is 0. The molecular weight excluding hydrogens is 421 g/mol. The third kappa shape index (κ3) is 5.41. The normalized spacial score (nSPS) is 17.6. The highest BCUT2D eigenvalue weighted by molar-refractivity contribution is 14.0. The molecule has 2 heterocycles. The molecule has 0 radical (unpaired) electrons. The van der Waals surface area contributed by atoms with Crippen molar-refractivity contribution in [3.05, 3.63) is 17.0 Å². The van der Waals surface area contributed by atoms with Gasteiger partial charge in [-0.3, -0.25) is 0 Å². The lowest BCUT2D eigenvalue weighted by atomic mass is 10.00. The molecule has 0 spiro atoms. The highest BCUT2D eigenvalue weighted by Gasteiger charge is 2.17. The lowest BCUT2D eigenvalue weighted by Gasteiger charge is -2.30. The Balaban J connectivity index is 0.00000220. The van der Waals surface area contributed by atoms with Crippen molar-refractivity contribution in [2.24, 2.45) is 16.6 Å². The van der Waals surface area contributed by atoms with E-state index in [0.29, 0.717) is 16.7 Å². The number of nitrogens with zero attached hydrogens (tertiary/aromatic N) is 2. The Hall–Kier alpha value is -0.350. The van der Waals surface area contributed by atoms with Gasteiger partial charge < -0.3 is 10.6 Å². The number of hydrogen-bond acceptors (Lipinski definition) is 4. The van der Waals surface area contributed by atoms with Crippen molar-refractivity contribution in [2.45, 2.75) is 30.5 Å². The third-order valence-electron chi connectivity index (χ3n) is 3.51. The van der Waals surface area contributed by atoms with Crippen LogP contribution in [0.25, 0.3) is 0 Å². The number of halogens is 1. The molecule has 2 rings (SSSR count). The average Bonchev–Trinajstić information content (AvgIpc) is 2.85. The van der Waals surface area contributed by atoms with Gasteiger partial charge in [0.25, 0.3) is 0 Å². The van der Waals surface area contributed by atoms with E-state index in [1.807, 2.05) is 0 Å². The van der Waals surface area contributed by atoms with E-state index in [0.717, 1.165) is 36.7 Å². The summed E-state index contributed by atoms with van der Waals surface area (Å²) in [4.78, 5) is 7.39. The standard InChI is InChI=1S/C13H21N3O2S2.HI/c1-10-5-7-16(8-6-10)13(14)15-9-11-3-4-12(19-11)20(2,17)18;/h3-4,10H,5-9H2,1-2H3,(H2,14,15);1H. The van der Waals surface area contributed by atoms with Crippen molar-refractivity contribution >= 4 is 51.1 Å². The molecule has 0 aliphatic carbocycles. The number of piperidine rings is 1. The number of thiophene rings is 1. The van der Waals surface area contributed by atoms with Crippen LogP contribution in [0.2, 0.25) is 0 Å². The molecular formula is C13H22IN3O2S2. The Morgan fingerprint density at radius 3 is 2.57 bits per heavy atom. The maximum absolute atomic E-state index is 11.4. The average molecular weight is 443 g/mol. The van der Waals surface area contributed by atoms with Crippen molar-refractivity contribution in [2.75, 3.05) is 19.3 Å². The maximum atomic E-state index is 11.4. The van der Waals surface area contributed by atoms with Gasteiger partial charge in [-0.1, -0.05) is 6.92 Å². The van der Waals surface area contributed by atoms with Crippen LogP contribution in [0.15, 0.2) is 21.3 Å². The summed E-state index contributed by atoms with van der Waals surface area (Å²) < 4.78 is 23.2. The zero-order valence-electron chi connectivity index (χ0n) is 12.3. The summed E-state index contributed by atoms with van der Waals surface area (Å²) in [6.07, 6.45) is 3.51. The largest absolute Gasteiger partial charge is 0.370 e. The Morgan fingerprint density at radius 1 is 1.43 bits per heavy atom. The molecule has 0 unspecified atom stereocenters. The first-order chi connectivity index (χ1) is 9.36. The van der Waals surface area contributed by atoms with Gasteiger partial charge in [-0.2, -0.15) is 0 Å². The van der Waals surface area contributed by atoms with Gasteiger partial charge in [-0.05, 0) is 30.9 Å². The quantitative estimate of drug-likeness (QED) is 0.442. The van der Waals surface area contributed by atoms with Gasteiger partial charge >= 0.3 is 0 Å². The SMILES string of the molecule is CC1CCN(C(N)=NCc2ccc(S(C)(=O)=O)s2)CC1.I. The number of aliphatic imine (C=N–C) groups is 1. The van der Waals surface area contributed by atoms with E-state index >= 15 is 0 Å². The van der Waals surface area contributed by atoms with Crippen LogP contribution in [0.4, 0.5) is 0 Å². The molecule has 5 nitrogen and oxygen atoms in total. The minimum Gasteiger partial charge on any atom is -0.370 e. The first-order valence-corrected chi connectivity index (χ1v) is 9.40. The van der Waals surface area contributed by atoms with Gasteiger partial charge in [-0.25, -0.2) is 13.4 Å². The van der Waals surface area contributed by atoms with Gasteiger partial charge in [0, 0.05) is 24.2 Å². The van der Waals surface area contributed by atoms with E-state index in [-0.39, 0.29) is 24.0 Å². The number of guanidine groups is 1. The van der Waals surface area contributed by atoms with Gasteiger partial charge in [0.2, 0.25) is 0 Å². The molecule has 120 valence electrons. The van der Waals surface area contributed by atoms with E-state index < -0.39 is 9.84 Å². The third-order valence-corrected chi connectivity index (χ3v) is 6.40. The second-order valence-electron chi connectivity index (χ2n) is 5.34. The first-order valence-electron chi connectivity index (χ1n) is 6.70. The molecule has 0 bridgehead atoms. The van der Waals surface area contributed by atoms with Crippen LogP contribution < -0.4 is 5.73 Å². The zero-order chi connectivity index (χ0) is 14.8. The lowest BCUT2D eigenvalue weighted by molar-refractivity contribution is 0.277. The van der Waals surface area contributed by atoms with E-state index in [4.69, 9.17) is 5.73 Å². The Labute approximate surface area is 147 Å². The zero-order valence-corrected chi connectivity index (χ0v) is 16.2. The molecule has 1 aliphatic rings. The van der Waals surface area contributed by atoms with Crippen LogP contribution >= 0.6 is 35.3 Å². The smallest absolute Gasteiger partial charge is 0.191 e. The molecule has 0 amide bonds. The molecule has 1 aliphatic heterocycles. The van der Waals surface area contributed by atoms with Crippen molar-refractivity contribution in [1.82, 2.24) is 4.90 Å². The fourth-order valence-electron chi connectivity index (χ4n) is 2.14. The highest BCUT2D eigenvalue weighted by atomic mass is 127. The minimum absolute atomic E-state index is 0. The lowest BCUT2D eigenvalue weighted by Crippen LogP contribution is -2.42. The van der Waals surface area contributed by atoms with Crippen LogP contribution in [0.3, 0.4) is 0 Å². The second-order valence-corrected chi connectivity index (χ2v) is 8.75. The van der Waals surface area contributed by atoms with Crippen LogP contribution in [-0.4, -0.2) is 38.6 Å². The number of hydrogen-bond donors (Lipinski definition) is 1. The number of sulfone groups is 1. The maximum Gasteiger partial charge on any atom is 0.191 e. The highest BCUT2D eigenvalue weighted by Crippen LogP contribution is 2.22. The number of likely N-dealkylation sites (tertiary alicyclic amines) is 1. The Bertz CT molecular complexity index is 590. The van der Waals surface area contributed by atoms with Gasteiger partial charge in [0.15, 0.2) is 15.8 Å². The van der Waals surface area contributed by atoms with Crippen molar-refractivity contribution in [1.29, 1.82) is 0 Å². The Kier molecular flexibility index (Phi) is 6.92. The summed E-state index contributed by atoms with van der Waals surface area (Å²) in [6.45, 7) is 4.60. The van der Waals surface area contributed by atoms with Crippen LogP contribution in [0, 0.1) is 5.92 Å². The molecule has 0 saturated carbocycles. The van der Waals surface area contributed by atoms with E-state index in [9.17, 15) is 8.42 Å². The van der Waals surface area contributed by atoms with E-state index in [1.54, 1.807) is 12.1 Å². The van der Waals surface area contributed by atoms with Crippen molar-refractivity contribution in [3.8, 4) is 0 Å². The summed E-state index contributed by atoms with van der Waals surface area (Å²) in [7, 11) is -3.12. The molecule has 1 saturated heterocycles. The molecule has 0 atom stereocenters. The van der Waals surface area contributed by atoms with Gasteiger partial charge in [0.1, 0.15) is 4.21 Å². The first kappa shape index (κ1) is 18.7. The molecule has 2 N–H and O–H groups in total. The Morgan fingerprint density at radius 2 is 2.05 bits per heavy atom. The number of rotatable bonds is 3.